The van der Waals surface area contributed by atoms with Gasteiger partial charge in [0.05, 0.1) is 43.9 Å². The first-order valence-corrected chi connectivity index (χ1v) is 15.1. The molecule has 4 aromatic rings. The summed E-state index contributed by atoms with van der Waals surface area (Å²) in [5, 5.41) is 23.5. The molecule has 10 nitrogen and oxygen atoms in total. The van der Waals surface area contributed by atoms with Crippen molar-refractivity contribution in [1.82, 2.24) is 25.2 Å². The minimum absolute atomic E-state index is 0.151. The van der Waals surface area contributed by atoms with E-state index in [2.05, 4.69) is 20.5 Å². The molecule has 1 atom stereocenters. The van der Waals surface area contributed by atoms with Crippen LogP contribution in [0.3, 0.4) is 0 Å². The minimum atomic E-state index is -0.976. The van der Waals surface area contributed by atoms with Gasteiger partial charge in [0.1, 0.15) is 5.52 Å². The Kier molecular flexibility index (Phi) is 10.0. The molecule has 0 amide bonds. The highest BCUT2D eigenvalue weighted by Gasteiger charge is 2.24. The zero-order valence-corrected chi connectivity index (χ0v) is 25.2. The van der Waals surface area contributed by atoms with Crippen LogP contribution in [0.15, 0.2) is 48.5 Å². The number of carboxylic acid groups (broad SMARTS) is 1. The van der Waals surface area contributed by atoms with Crippen LogP contribution in [0.5, 0.6) is 0 Å². The smallest absolute Gasteiger partial charge is 0.335 e. The molecule has 0 radical (unpaired) electrons. The fourth-order valence-corrected chi connectivity index (χ4v) is 5.61. The van der Waals surface area contributed by atoms with Crippen molar-refractivity contribution in [2.24, 2.45) is 5.92 Å². The van der Waals surface area contributed by atoms with Gasteiger partial charge in [0.2, 0.25) is 0 Å². The predicted octanol–water partition coefficient (Wildman–Crippen LogP) is 4.23. The number of fused-ring (bicyclic) bond motifs is 2. The van der Waals surface area contributed by atoms with Crippen LogP contribution in [0, 0.1) is 12.8 Å². The molecule has 1 aliphatic heterocycles. The number of hydrogen-bond donors (Lipinski definition) is 2. The molecule has 1 aromatic heterocycles. The molecule has 1 fully saturated rings. The van der Waals surface area contributed by atoms with Gasteiger partial charge >= 0.3 is 11.9 Å². The number of piperazine rings is 1. The third kappa shape index (κ3) is 7.57. The SMILES string of the molecule is Cc1c(C(CC(=O)OCC(C)C)c2ccc3ccc(C(=O)O)cc3c2)ccc2c1nnn2CCOCCN1CCNCC1. The Morgan fingerprint density at radius 1 is 1.00 bits per heavy atom. The maximum Gasteiger partial charge on any atom is 0.335 e. The van der Waals surface area contributed by atoms with Gasteiger partial charge in [0, 0.05) is 38.6 Å². The number of ether oxygens (including phenoxy) is 2. The number of carbonyl (C=O) groups excluding carboxylic acids is 1. The van der Waals surface area contributed by atoms with E-state index < -0.39 is 5.97 Å². The molecule has 5 rings (SSSR count). The molecule has 1 unspecified atom stereocenters. The van der Waals surface area contributed by atoms with E-state index >= 15 is 0 Å². The first kappa shape index (κ1) is 30.6. The van der Waals surface area contributed by atoms with Crippen molar-refractivity contribution < 1.29 is 24.2 Å². The van der Waals surface area contributed by atoms with Crippen molar-refractivity contribution in [3.63, 3.8) is 0 Å². The van der Waals surface area contributed by atoms with E-state index in [9.17, 15) is 14.7 Å². The summed E-state index contributed by atoms with van der Waals surface area (Å²) in [6.45, 7) is 13.3. The molecule has 3 aromatic carbocycles. The second-order valence-electron chi connectivity index (χ2n) is 11.6. The van der Waals surface area contributed by atoms with Crippen LogP contribution in [0.4, 0.5) is 0 Å². The van der Waals surface area contributed by atoms with Crippen LogP contribution in [0.2, 0.25) is 0 Å². The van der Waals surface area contributed by atoms with Gasteiger partial charge in [-0.25, -0.2) is 9.48 Å². The number of hydrogen-bond acceptors (Lipinski definition) is 8. The van der Waals surface area contributed by atoms with Gasteiger partial charge in [0.25, 0.3) is 0 Å². The Hall–Kier alpha value is -3.86. The minimum Gasteiger partial charge on any atom is -0.478 e. The standard InChI is InChI=1S/C33H41N5O5/c1-22(2)21-43-31(39)20-29(25-6-4-24-5-7-26(33(40)41)19-27(24)18-25)28-8-9-30-32(23(28)3)35-36-38(30)15-17-42-16-14-37-12-10-34-11-13-37/h4-9,18-19,22,29,34H,10-17,20-21H2,1-3H3,(H,40,41). The summed E-state index contributed by atoms with van der Waals surface area (Å²) in [5.41, 5.74) is 4.74. The first-order chi connectivity index (χ1) is 20.8. The molecule has 0 aliphatic carbocycles. The molecule has 2 heterocycles. The maximum atomic E-state index is 13.0. The normalized spacial score (nSPS) is 14.9. The number of carboxylic acids is 1. The summed E-state index contributed by atoms with van der Waals surface area (Å²) >= 11 is 0. The number of nitrogens with one attached hydrogen (secondary N) is 1. The summed E-state index contributed by atoms with van der Waals surface area (Å²) in [6, 6.07) is 15.1. The van der Waals surface area contributed by atoms with Crippen molar-refractivity contribution in [3.8, 4) is 0 Å². The van der Waals surface area contributed by atoms with Gasteiger partial charge in [-0.05, 0) is 58.5 Å². The number of benzene rings is 3. The van der Waals surface area contributed by atoms with Crippen molar-refractivity contribution in [2.75, 3.05) is 52.5 Å². The third-order valence-electron chi connectivity index (χ3n) is 8.03. The Balaban J connectivity index is 1.38. The number of rotatable bonds is 13. The van der Waals surface area contributed by atoms with E-state index in [0.717, 1.165) is 71.2 Å². The second kappa shape index (κ2) is 14.1. The Morgan fingerprint density at radius 2 is 1.77 bits per heavy atom. The van der Waals surface area contributed by atoms with E-state index in [-0.39, 0.29) is 29.8 Å². The second-order valence-corrected chi connectivity index (χ2v) is 11.6. The van der Waals surface area contributed by atoms with Crippen LogP contribution in [0.1, 0.15) is 53.2 Å². The summed E-state index contributed by atoms with van der Waals surface area (Å²) < 4.78 is 13.4. The molecule has 1 aliphatic rings. The summed E-state index contributed by atoms with van der Waals surface area (Å²) in [4.78, 5) is 27.0. The first-order valence-electron chi connectivity index (χ1n) is 15.1. The van der Waals surface area contributed by atoms with Gasteiger partial charge in [-0.1, -0.05) is 49.4 Å². The molecule has 0 saturated carbocycles. The van der Waals surface area contributed by atoms with Crippen molar-refractivity contribution in [1.29, 1.82) is 0 Å². The van der Waals surface area contributed by atoms with Gasteiger partial charge < -0.3 is 19.9 Å². The largest absolute Gasteiger partial charge is 0.478 e. The summed E-state index contributed by atoms with van der Waals surface area (Å²) in [5.74, 6) is -1.33. The van der Waals surface area contributed by atoms with Crippen LogP contribution < -0.4 is 5.32 Å². The molecule has 10 heteroatoms. The number of nitrogens with zero attached hydrogens (tertiary/aromatic N) is 4. The molecule has 1 saturated heterocycles. The zero-order chi connectivity index (χ0) is 30.3. The van der Waals surface area contributed by atoms with Gasteiger partial charge in [-0.3, -0.25) is 9.69 Å². The highest BCUT2D eigenvalue weighted by atomic mass is 16.5. The number of esters is 1. The quantitative estimate of drug-likeness (QED) is 0.175. The van der Waals surface area contributed by atoms with E-state index in [0.29, 0.717) is 26.4 Å². The maximum absolute atomic E-state index is 13.0. The lowest BCUT2D eigenvalue weighted by atomic mass is 9.84. The Morgan fingerprint density at radius 3 is 2.53 bits per heavy atom. The van der Waals surface area contributed by atoms with E-state index in [4.69, 9.17) is 9.47 Å². The lowest BCUT2D eigenvalue weighted by molar-refractivity contribution is -0.145. The molecule has 0 spiro atoms. The van der Waals surface area contributed by atoms with E-state index in [1.807, 2.05) is 55.8 Å². The number of aryl methyl sites for hydroxylation is 1. The molecular formula is C33H41N5O5. The number of aromatic nitrogens is 3. The average molecular weight is 588 g/mol. The average Bonchev–Trinajstić information content (AvgIpc) is 3.42. The topological polar surface area (TPSA) is 119 Å². The van der Waals surface area contributed by atoms with Crippen LogP contribution in [-0.4, -0.2) is 89.5 Å². The van der Waals surface area contributed by atoms with Crippen LogP contribution >= 0.6 is 0 Å². The Labute approximate surface area is 251 Å². The Bertz CT molecular complexity index is 1580. The van der Waals surface area contributed by atoms with Crippen LogP contribution in [-0.2, 0) is 20.8 Å². The highest BCUT2D eigenvalue weighted by Crippen LogP contribution is 2.35. The fraction of sp³-hybridized carbons (Fsp3) is 0.455. The van der Waals surface area contributed by atoms with Crippen LogP contribution in [0.25, 0.3) is 21.8 Å². The van der Waals surface area contributed by atoms with E-state index in [1.54, 1.807) is 18.2 Å². The third-order valence-corrected chi connectivity index (χ3v) is 8.03. The molecular weight excluding hydrogens is 546 g/mol. The highest BCUT2D eigenvalue weighted by molar-refractivity contribution is 5.94. The monoisotopic (exact) mass is 587 g/mol. The number of aromatic carboxylic acids is 1. The molecule has 228 valence electrons. The van der Waals surface area contributed by atoms with Gasteiger partial charge in [-0.2, -0.15) is 0 Å². The lowest BCUT2D eigenvalue weighted by Gasteiger charge is -2.26. The van der Waals surface area contributed by atoms with Crippen molar-refractivity contribution in [2.45, 2.75) is 39.7 Å². The van der Waals surface area contributed by atoms with Gasteiger partial charge in [0.15, 0.2) is 0 Å². The molecule has 0 bridgehead atoms. The van der Waals surface area contributed by atoms with Crippen molar-refractivity contribution in [3.05, 3.63) is 70.8 Å². The fourth-order valence-electron chi connectivity index (χ4n) is 5.61. The predicted molar refractivity (Wildman–Crippen MR) is 166 cm³/mol. The summed E-state index contributed by atoms with van der Waals surface area (Å²) in [7, 11) is 0. The summed E-state index contributed by atoms with van der Waals surface area (Å²) in [6.07, 6.45) is 0.151. The van der Waals surface area contributed by atoms with Crippen molar-refractivity contribution >= 4 is 33.7 Å². The molecule has 43 heavy (non-hydrogen) atoms. The lowest BCUT2D eigenvalue weighted by Crippen LogP contribution is -2.44. The number of carbonyl (C=O) groups is 2. The van der Waals surface area contributed by atoms with Gasteiger partial charge in [-0.15, -0.1) is 5.10 Å². The molecule has 2 N–H and O–H groups in total. The zero-order valence-electron chi connectivity index (χ0n) is 25.2. The van der Waals surface area contributed by atoms with E-state index in [1.165, 1.54) is 0 Å².